The van der Waals surface area contributed by atoms with E-state index in [0.29, 0.717) is 26.3 Å². The summed E-state index contributed by atoms with van der Waals surface area (Å²) in [6.45, 7) is 4.18. The van der Waals surface area contributed by atoms with Crippen molar-refractivity contribution in [2.24, 2.45) is 0 Å². The molecule has 0 bridgehead atoms. The Bertz CT molecular complexity index is 872. The zero-order valence-corrected chi connectivity index (χ0v) is 19.0. The summed E-state index contributed by atoms with van der Waals surface area (Å²) in [4.78, 5) is 14.6. The van der Waals surface area contributed by atoms with Gasteiger partial charge in [-0.05, 0) is 18.9 Å². The Morgan fingerprint density at radius 1 is 1.22 bits per heavy atom. The third kappa shape index (κ3) is 6.61. The van der Waals surface area contributed by atoms with Gasteiger partial charge >= 0.3 is 6.18 Å². The first kappa shape index (κ1) is 24.4. The van der Waals surface area contributed by atoms with Gasteiger partial charge in [0.2, 0.25) is 11.9 Å². The molecule has 176 valence electrons. The van der Waals surface area contributed by atoms with Crippen LogP contribution in [0.4, 0.5) is 19.1 Å². The number of hydrogen-bond acceptors (Lipinski definition) is 6. The first-order valence-electron chi connectivity index (χ1n) is 10.6. The summed E-state index contributed by atoms with van der Waals surface area (Å²) in [7, 11) is 0. The van der Waals surface area contributed by atoms with Crippen LogP contribution in [0.2, 0.25) is 0 Å². The molecule has 0 spiro atoms. The van der Waals surface area contributed by atoms with Gasteiger partial charge < -0.3 is 15.0 Å². The molecule has 32 heavy (non-hydrogen) atoms. The lowest BCUT2D eigenvalue weighted by atomic mass is 10.0. The van der Waals surface area contributed by atoms with Crippen LogP contribution in [0, 0.1) is 0 Å². The monoisotopic (exact) mass is 471 g/mol. The third-order valence-corrected chi connectivity index (χ3v) is 6.16. The van der Waals surface area contributed by atoms with Crippen LogP contribution in [0.5, 0.6) is 0 Å². The molecule has 0 saturated carbocycles. The molecule has 1 aliphatic rings. The van der Waals surface area contributed by atoms with Gasteiger partial charge in [0.1, 0.15) is 6.54 Å². The van der Waals surface area contributed by atoms with Crippen LogP contribution in [-0.2, 0) is 16.1 Å². The number of nitrogens with one attached hydrogen (secondary N) is 1. The van der Waals surface area contributed by atoms with E-state index in [1.165, 1.54) is 0 Å². The second-order valence-electron chi connectivity index (χ2n) is 7.60. The highest BCUT2D eigenvalue weighted by atomic mass is 32.2. The summed E-state index contributed by atoms with van der Waals surface area (Å²) in [5.74, 6) is -0.110. The summed E-state index contributed by atoms with van der Waals surface area (Å²) < 4.78 is 46.2. The SMILES string of the molecule is CCCC(NC(=O)C(C)Sc1nnc(N2CCOCC2)n1CC(F)(F)F)c1ccccc1. The van der Waals surface area contributed by atoms with Gasteiger partial charge in [0.25, 0.3) is 0 Å². The highest BCUT2D eigenvalue weighted by Gasteiger charge is 2.33. The van der Waals surface area contributed by atoms with Crippen molar-refractivity contribution in [1.29, 1.82) is 0 Å². The molecule has 1 fully saturated rings. The molecule has 1 aromatic carbocycles. The normalized spacial score (nSPS) is 16.6. The second kappa shape index (κ2) is 11.0. The minimum atomic E-state index is -4.44. The van der Waals surface area contributed by atoms with Crippen molar-refractivity contribution in [2.45, 2.75) is 55.9 Å². The van der Waals surface area contributed by atoms with Crippen molar-refractivity contribution in [3.8, 4) is 0 Å². The van der Waals surface area contributed by atoms with Crippen molar-refractivity contribution in [3.63, 3.8) is 0 Å². The first-order valence-corrected chi connectivity index (χ1v) is 11.5. The number of amides is 1. The summed E-state index contributed by atoms with van der Waals surface area (Å²) >= 11 is 0.978. The fourth-order valence-electron chi connectivity index (χ4n) is 3.48. The second-order valence-corrected chi connectivity index (χ2v) is 8.91. The molecule has 0 aliphatic carbocycles. The number of anilines is 1. The van der Waals surface area contributed by atoms with Gasteiger partial charge in [0, 0.05) is 13.1 Å². The minimum absolute atomic E-state index is 0.0678. The maximum absolute atomic E-state index is 13.3. The van der Waals surface area contributed by atoms with Crippen molar-refractivity contribution >= 4 is 23.6 Å². The van der Waals surface area contributed by atoms with Crippen LogP contribution < -0.4 is 10.2 Å². The fourth-order valence-corrected chi connectivity index (χ4v) is 4.33. The van der Waals surface area contributed by atoms with Crippen molar-refractivity contribution < 1.29 is 22.7 Å². The van der Waals surface area contributed by atoms with E-state index in [9.17, 15) is 18.0 Å². The molecule has 2 aromatic rings. The Labute approximate surface area is 189 Å². The minimum Gasteiger partial charge on any atom is -0.378 e. The van der Waals surface area contributed by atoms with E-state index in [1.807, 2.05) is 37.3 Å². The molecule has 1 saturated heterocycles. The van der Waals surface area contributed by atoms with E-state index >= 15 is 0 Å². The number of hydrogen-bond donors (Lipinski definition) is 1. The van der Waals surface area contributed by atoms with E-state index in [2.05, 4.69) is 15.5 Å². The summed E-state index contributed by atoms with van der Waals surface area (Å²) in [5.41, 5.74) is 0.995. The van der Waals surface area contributed by atoms with E-state index in [4.69, 9.17) is 4.74 Å². The van der Waals surface area contributed by atoms with Gasteiger partial charge in [-0.25, -0.2) is 0 Å². The number of halogens is 3. The summed E-state index contributed by atoms with van der Waals surface area (Å²) in [6.07, 6.45) is -2.80. The van der Waals surface area contributed by atoms with Gasteiger partial charge in [-0.1, -0.05) is 55.4 Å². The predicted octanol–water partition coefficient (Wildman–Crippen LogP) is 3.82. The van der Waals surface area contributed by atoms with Crippen molar-refractivity contribution in [3.05, 3.63) is 35.9 Å². The van der Waals surface area contributed by atoms with Crippen molar-refractivity contribution in [2.75, 3.05) is 31.2 Å². The number of ether oxygens (including phenoxy) is 1. The molecule has 1 aliphatic heterocycles. The lowest BCUT2D eigenvalue weighted by Crippen LogP contribution is -2.38. The smallest absolute Gasteiger partial charge is 0.378 e. The number of alkyl halides is 3. The van der Waals surface area contributed by atoms with Crippen LogP contribution in [0.3, 0.4) is 0 Å². The molecule has 1 amide bonds. The van der Waals surface area contributed by atoms with Crippen LogP contribution in [0.15, 0.2) is 35.5 Å². The highest BCUT2D eigenvalue weighted by Crippen LogP contribution is 2.30. The molecule has 3 rings (SSSR count). The number of carbonyl (C=O) groups is 1. The highest BCUT2D eigenvalue weighted by molar-refractivity contribution is 8.00. The van der Waals surface area contributed by atoms with E-state index in [1.54, 1.807) is 11.8 Å². The van der Waals surface area contributed by atoms with Crippen molar-refractivity contribution in [1.82, 2.24) is 20.1 Å². The van der Waals surface area contributed by atoms with Crippen LogP contribution in [0.1, 0.15) is 38.3 Å². The number of thioether (sulfide) groups is 1. The number of morpholine rings is 1. The fraction of sp³-hybridized carbons (Fsp3) is 0.571. The Morgan fingerprint density at radius 3 is 2.53 bits per heavy atom. The van der Waals surface area contributed by atoms with Crippen LogP contribution in [0.25, 0.3) is 0 Å². The first-order chi connectivity index (χ1) is 15.3. The van der Waals surface area contributed by atoms with Crippen LogP contribution in [-0.4, -0.2) is 58.4 Å². The van der Waals surface area contributed by atoms with Gasteiger partial charge in [-0.15, -0.1) is 10.2 Å². The standard InChI is InChI=1S/C21H28F3N5O2S/c1-3-7-17(16-8-5-4-6-9-16)25-18(30)15(2)32-20-27-26-19(28-10-12-31-13-11-28)29(20)14-21(22,23)24/h4-6,8-9,15,17H,3,7,10-14H2,1-2H3,(H,25,30). The molecule has 7 nitrogen and oxygen atoms in total. The maximum atomic E-state index is 13.3. The Balaban J connectivity index is 1.74. The summed E-state index contributed by atoms with van der Waals surface area (Å²) in [6, 6.07) is 9.48. The maximum Gasteiger partial charge on any atom is 0.406 e. The van der Waals surface area contributed by atoms with Crippen LogP contribution >= 0.6 is 11.8 Å². The Morgan fingerprint density at radius 2 is 1.91 bits per heavy atom. The Kier molecular flexibility index (Phi) is 8.41. The van der Waals surface area contributed by atoms with Gasteiger partial charge in [0.15, 0.2) is 5.16 Å². The third-order valence-electron chi connectivity index (χ3n) is 5.08. The average molecular weight is 472 g/mol. The van der Waals surface area contributed by atoms with Gasteiger partial charge in [-0.2, -0.15) is 13.2 Å². The molecule has 2 atom stereocenters. The number of benzene rings is 1. The molecule has 0 radical (unpaired) electrons. The molecule has 11 heteroatoms. The largest absolute Gasteiger partial charge is 0.406 e. The zero-order valence-electron chi connectivity index (χ0n) is 18.1. The topological polar surface area (TPSA) is 72.3 Å². The summed E-state index contributed by atoms with van der Waals surface area (Å²) in [5, 5.41) is 10.4. The lowest BCUT2D eigenvalue weighted by molar-refractivity contribution is -0.141. The van der Waals surface area contributed by atoms with E-state index < -0.39 is 18.0 Å². The molecule has 2 unspecified atom stereocenters. The Hall–Kier alpha value is -2.27. The van der Waals surface area contributed by atoms with Gasteiger partial charge in [-0.3, -0.25) is 9.36 Å². The number of rotatable bonds is 9. The number of aromatic nitrogens is 3. The lowest BCUT2D eigenvalue weighted by Gasteiger charge is -2.28. The molecule has 2 heterocycles. The average Bonchev–Trinajstić information content (AvgIpc) is 3.15. The van der Waals surface area contributed by atoms with Gasteiger partial charge in [0.05, 0.1) is 24.5 Å². The number of nitrogens with zero attached hydrogens (tertiary/aromatic N) is 4. The molecular formula is C21H28F3N5O2S. The quantitative estimate of drug-likeness (QED) is 0.561. The van der Waals surface area contributed by atoms with E-state index in [-0.39, 0.29) is 23.1 Å². The number of carbonyl (C=O) groups excluding carboxylic acids is 1. The molecular weight excluding hydrogens is 443 g/mol. The zero-order chi connectivity index (χ0) is 23.1. The predicted molar refractivity (Wildman–Crippen MR) is 117 cm³/mol. The molecule has 1 aromatic heterocycles. The molecule has 1 N–H and O–H groups in total. The van der Waals surface area contributed by atoms with E-state index in [0.717, 1.165) is 34.7 Å².